The Bertz CT molecular complexity index is 178. The Balaban J connectivity index is 2.93. The number of carbonyl (C=O) groups excluding carboxylic acids is 1. The Morgan fingerprint density at radius 2 is 2.50 bits per heavy atom. The quantitative estimate of drug-likeness (QED) is 0.460. The molecule has 1 aromatic rings. The van der Waals surface area contributed by atoms with Crippen LogP contribution in [0.1, 0.15) is 11.7 Å². The first kappa shape index (κ1) is 5.03. The van der Waals surface area contributed by atoms with Gasteiger partial charge in [0, 0.05) is 19.3 Å². The summed E-state index contributed by atoms with van der Waals surface area (Å²) in [6.45, 7) is 1.49. The minimum Gasteiger partial charge on any atom is -0.277 e. The molecule has 0 aliphatic carbocycles. The average molecular weight is 113 g/mol. The van der Waals surface area contributed by atoms with E-state index >= 15 is 0 Å². The lowest BCUT2D eigenvalue weighted by atomic mass is 11.0. The summed E-state index contributed by atoms with van der Waals surface area (Å²) < 4.78 is 1.42. The lowest BCUT2D eigenvalue weighted by Gasteiger charge is -1.87. The van der Waals surface area contributed by atoms with Gasteiger partial charge in [-0.3, -0.25) is 9.36 Å². The van der Waals surface area contributed by atoms with Gasteiger partial charge in [0.2, 0.25) is 5.91 Å². The van der Waals surface area contributed by atoms with E-state index in [1.165, 1.54) is 17.8 Å². The van der Waals surface area contributed by atoms with Crippen molar-refractivity contribution in [3.63, 3.8) is 0 Å². The molecule has 42 valence electrons. The molecule has 0 aromatic carbocycles. The van der Waals surface area contributed by atoms with Gasteiger partial charge in [-0.05, 0) is 0 Å². The minimum atomic E-state index is -0.0116. The van der Waals surface area contributed by atoms with Gasteiger partial charge in [0.25, 0.3) is 0 Å². The Kier molecular flexibility index (Phi) is 1.12. The molecule has 0 saturated heterocycles. The van der Waals surface area contributed by atoms with Crippen LogP contribution in [-0.2, 0) is 0 Å². The number of nitrogens with zero attached hydrogens (tertiary/aromatic N) is 2. The molecule has 0 aliphatic heterocycles. The Labute approximate surface area is 47.0 Å². The number of carbonyl (C=O) groups is 1. The highest BCUT2D eigenvalue weighted by Gasteiger charge is 1.90. The van der Waals surface area contributed by atoms with E-state index in [4.69, 9.17) is 0 Å². The minimum absolute atomic E-state index is 0.0116. The Morgan fingerprint density at radius 1 is 1.75 bits per heavy atom. The van der Waals surface area contributed by atoms with Gasteiger partial charge < -0.3 is 0 Å². The topological polar surface area (TPSA) is 34.9 Å². The summed E-state index contributed by atoms with van der Waals surface area (Å²) in [6, 6.07) is 0. The molecule has 0 unspecified atom stereocenters. The van der Waals surface area contributed by atoms with E-state index in [0.29, 0.717) is 0 Å². The molecular weight excluding hydrogens is 107 g/mol. The molecule has 3 nitrogen and oxygen atoms in total. The smallest absolute Gasteiger partial charge is 0.228 e. The van der Waals surface area contributed by atoms with Crippen LogP contribution in [0.25, 0.3) is 0 Å². The standard InChI is InChI=1S/C5H6N2O/c1-5(8)7-3-2-6-4-7/h2-4H,1H3/i5+1,6+1,7+1. The lowest BCUT2D eigenvalue weighted by Crippen LogP contribution is -2.00. The van der Waals surface area contributed by atoms with Gasteiger partial charge in [-0.1, -0.05) is 0 Å². The van der Waals surface area contributed by atoms with Crippen LogP contribution in [0.4, 0.5) is 0 Å². The average Bonchev–Trinajstić information content (AvgIpc) is 2.12. The molecule has 0 spiro atoms. The molecule has 0 radical (unpaired) electrons. The van der Waals surface area contributed by atoms with E-state index in [9.17, 15) is 4.79 Å². The summed E-state index contributed by atoms with van der Waals surface area (Å²) >= 11 is 0. The van der Waals surface area contributed by atoms with Crippen LogP contribution < -0.4 is 0 Å². The molecule has 0 N–H and O–H groups in total. The van der Waals surface area contributed by atoms with Crippen molar-refractivity contribution in [2.75, 3.05) is 0 Å². The first-order valence-electron chi connectivity index (χ1n) is 2.29. The number of aromatic nitrogens is 2. The van der Waals surface area contributed by atoms with Gasteiger partial charge >= 0.3 is 0 Å². The van der Waals surface area contributed by atoms with E-state index < -0.39 is 0 Å². The van der Waals surface area contributed by atoms with Crippen LogP contribution in [0.3, 0.4) is 0 Å². The highest BCUT2D eigenvalue weighted by molar-refractivity contribution is 5.75. The molecule has 0 amide bonds. The predicted octanol–water partition coefficient (Wildman–Crippen LogP) is 0.543. The zero-order valence-corrected chi connectivity index (χ0v) is 4.53. The van der Waals surface area contributed by atoms with Crippen LogP contribution in [-0.4, -0.2) is 15.5 Å². The van der Waals surface area contributed by atoms with Gasteiger partial charge in [-0.2, -0.15) is 0 Å². The second-order valence-corrected chi connectivity index (χ2v) is 1.49. The maximum atomic E-state index is 10.4. The molecule has 1 heterocycles. The summed E-state index contributed by atoms with van der Waals surface area (Å²) in [5.41, 5.74) is 0. The van der Waals surface area contributed by atoms with Crippen LogP contribution in [0.5, 0.6) is 0 Å². The van der Waals surface area contributed by atoms with Crippen molar-refractivity contribution in [3.8, 4) is 0 Å². The van der Waals surface area contributed by atoms with Crippen molar-refractivity contribution >= 4 is 5.91 Å². The normalized spacial score (nSPS) is 9.12. The second-order valence-electron chi connectivity index (χ2n) is 1.49. The third-order valence-corrected chi connectivity index (χ3v) is 0.868. The summed E-state index contributed by atoms with van der Waals surface area (Å²) in [6.07, 6.45) is 4.66. The Morgan fingerprint density at radius 3 is 2.75 bits per heavy atom. The summed E-state index contributed by atoms with van der Waals surface area (Å²) in [4.78, 5) is 14.1. The van der Waals surface area contributed by atoms with Crippen molar-refractivity contribution in [1.82, 2.24) is 9.55 Å². The van der Waals surface area contributed by atoms with Gasteiger partial charge in [0.05, 0.1) is 0 Å². The number of hydrogen-bond acceptors (Lipinski definition) is 2. The SMILES string of the molecule is C[13C](=O)[15n]1cc[15n]c1. The van der Waals surface area contributed by atoms with E-state index in [0.717, 1.165) is 0 Å². The fourth-order valence-electron chi connectivity index (χ4n) is 0.445. The molecule has 3 heteroatoms. The van der Waals surface area contributed by atoms with Crippen molar-refractivity contribution in [2.24, 2.45) is 0 Å². The Hall–Kier alpha value is -1.12. The molecule has 0 atom stereocenters. The van der Waals surface area contributed by atoms with Crippen LogP contribution >= 0.6 is 0 Å². The molecule has 0 fully saturated rings. The highest BCUT2D eigenvalue weighted by Crippen LogP contribution is 1.82. The zero-order valence-electron chi connectivity index (χ0n) is 4.53. The lowest BCUT2D eigenvalue weighted by molar-refractivity contribution is 0.0936. The molecule has 0 bridgehead atoms. The monoisotopic (exact) mass is 113 g/mol. The fourth-order valence-corrected chi connectivity index (χ4v) is 0.445. The number of rotatable bonds is 0. The highest BCUT2D eigenvalue weighted by atomic mass is 16.3. The first-order valence-corrected chi connectivity index (χ1v) is 2.29. The van der Waals surface area contributed by atoms with Gasteiger partial charge in [0.1, 0.15) is 6.33 Å². The first-order chi connectivity index (χ1) is 3.80. The molecule has 0 saturated carbocycles. The van der Waals surface area contributed by atoms with E-state index in [2.05, 4.69) is 4.98 Å². The maximum Gasteiger partial charge on any atom is 0.228 e. The molecule has 0 aliphatic rings. The fraction of sp³-hybridized carbons (Fsp3) is 0.200. The van der Waals surface area contributed by atoms with Crippen molar-refractivity contribution in [2.45, 2.75) is 6.92 Å². The number of hydrogen-bond donors (Lipinski definition) is 0. The molecular formula is C5H6N2O. The molecule has 1 rings (SSSR count). The second kappa shape index (κ2) is 1.78. The summed E-state index contributed by atoms with van der Waals surface area (Å²) in [7, 11) is 0. The zero-order chi connectivity index (χ0) is 5.98. The maximum absolute atomic E-state index is 10.4. The summed E-state index contributed by atoms with van der Waals surface area (Å²) in [5, 5.41) is 0. The van der Waals surface area contributed by atoms with E-state index in [1.807, 2.05) is 0 Å². The van der Waals surface area contributed by atoms with Crippen molar-refractivity contribution < 1.29 is 4.79 Å². The van der Waals surface area contributed by atoms with E-state index in [-0.39, 0.29) is 5.91 Å². The third kappa shape index (κ3) is 0.753. The van der Waals surface area contributed by atoms with Crippen LogP contribution in [0.2, 0.25) is 0 Å². The summed E-state index contributed by atoms with van der Waals surface area (Å²) in [5.74, 6) is -0.0116. The predicted molar refractivity (Wildman–Crippen MR) is 28.5 cm³/mol. The number of imidazole rings is 1. The third-order valence-electron chi connectivity index (χ3n) is 0.868. The van der Waals surface area contributed by atoms with Gasteiger partial charge in [0.15, 0.2) is 0 Å². The van der Waals surface area contributed by atoms with Gasteiger partial charge in [-0.25, -0.2) is 4.98 Å². The van der Waals surface area contributed by atoms with Crippen molar-refractivity contribution in [1.29, 1.82) is 0 Å². The molecule has 1 aromatic heterocycles. The van der Waals surface area contributed by atoms with Crippen molar-refractivity contribution in [3.05, 3.63) is 18.7 Å². The van der Waals surface area contributed by atoms with E-state index in [1.54, 1.807) is 12.4 Å². The van der Waals surface area contributed by atoms with Gasteiger partial charge in [-0.15, -0.1) is 0 Å². The molecule has 8 heavy (non-hydrogen) atoms. The van der Waals surface area contributed by atoms with Crippen LogP contribution in [0.15, 0.2) is 18.7 Å². The largest absolute Gasteiger partial charge is 0.277 e. The van der Waals surface area contributed by atoms with Crippen LogP contribution in [0, 0.1) is 0 Å².